The van der Waals surface area contributed by atoms with Crippen LogP contribution >= 0.6 is 0 Å². The molecule has 0 fully saturated rings. The molecule has 1 amide bonds. The van der Waals surface area contributed by atoms with Crippen LogP contribution in [-0.4, -0.2) is 43.3 Å². The monoisotopic (exact) mass is 372 g/mol. The number of ether oxygens (including phenoxy) is 2. The number of hydrazone groups is 1. The number of rotatable bonds is 8. The number of aryl methyl sites for hydroxylation is 1. The quantitative estimate of drug-likeness (QED) is 0.375. The summed E-state index contributed by atoms with van der Waals surface area (Å²) in [4.78, 5) is 26.9. The zero-order valence-electron chi connectivity index (χ0n) is 15.9. The second-order valence-corrected chi connectivity index (χ2v) is 5.76. The van der Waals surface area contributed by atoms with E-state index in [9.17, 15) is 9.59 Å². The Hall–Kier alpha value is -3.29. The average Bonchev–Trinajstić information content (AvgIpc) is 2.94. The lowest BCUT2D eigenvalue weighted by Crippen LogP contribution is -2.25. The molecule has 8 heteroatoms. The van der Waals surface area contributed by atoms with Crippen molar-refractivity contribution >= 4 is 23.8 Å². The smallest absolute Gasteiger partial charge is 0.340 e. The number of hydrogen-bond donors (Lipinski definition) is 3. The highest BCUT2D eigenvalue weighted by Crippen LogP contribution is 2.17. The van der Waals surface area contributed by atoms with Gasteiger partial charge >= 0.3 is 5.97 Å². The normalized spacial score (nSPS) is 10.7. The maximum absolute atomic E-state index is 12.0. The van der Waals surface area contributed by atoms with Gasteiger partial charge in [0.15, 0.2) is 0 Å². The van der Waals surface area contributed by atoms with Crippen LogP contribution in [-0.2, 0) is 9.53 Å². The third kappa shape index (κ3) is 5.34. The van der Waals surface area contributed by atoms with Crippen molar-refractivity contribution in [2.45, 2.75) is 20.8 Å². The maximum atomic E-state index is 12.0. The number of anilines is 1. The van der Waals surface area contributed by atoms with Crippen molar-refractivity contribution in [3.8, 4) is 5.75 Å². The van der Waals surface area contributed by atoms with E-state index in [1.807, 2.05) is 12.1 Å². The molecule has 0 aliphatic rings. The molecule has 0 unspecified atom stereocenters. The Morgan fingerprint density at radius 1 is 1.22 bits per heavy atom. The van der Waals surface area contributed by atoms with Gasteiger partial charge in [0.25, 0.3) is 5.91 Å². The molecule has 27 heavy (non-hydrogen) atoms. The molecule has 0 bridgehead atoms. The molecule has 1 aromatic heterocycles. The highest BCUT2D eigenvalue weighted by molar-refractivity contribution is 5.96. The predicted octanol–water partition coefficient (Wildman–Crippen LogP) is 2.38. The van der Waals surface area contributed by atoms with E-state index in [2.05, 4.69) is 20.8 Å². The fraction of sp³-hybridized carbons (Fsp3) is 0.316. The van der Waals surface area contributed by atoms with Gasteiger partial charge in [0.05, 0.1) is 37.7 Å². The summed E-state index contributed by atoms with van der Waals surface area (Å²) < 4.78 is 10.1. The third-order valence-corrected chi connectivity index (χ3v) is 3.88. The number of methoxy groups -OCH3 is 1. The van der Waals surface area contributed by atoms with E-state index in [0.29, 0.717) is 23.6 Å². The highest BCUT2D eigenvalue weighted by Gasteiger charge is 2.18. The topological polar surface area (TPSA) is 105 Å². The highest BCUT2D eigenvalue weighted by atomic mass is 16.5. The lowest BCUT2D eigenvalue weighted by Gasteiger charge is -2.06. The van der Waals surface area contributed by atoms with Crippen LogP contribution in [0.3, 0.4) is 0 Å². The largest absolute Gasteiger partial charge is 0.497 e. The Morgan fingerprint density at radius 2 is 1.93 bits per heavy atom. The molecule has 0 saturated carbocycles. The number of hydrogen-bond acceptors (Lipinski definition) is 6. The van der Waals surface area contributed by atoms with Gasteiger partial charge in [-0.25, -0.2) is 10.2 Å². The molecule has 1 aromatic carbocycles. The van der Waals surface area contributed by atoms with E-state index in [1.54, 1.807) is 40.0 Å². The fourth-order valence-corrected chi connectivity index (χ4v) is 2.51. The van der Waals surface area contributed by atoms with Gasteiger partial charge in [-0.1, -0.05) is 0 Å². The lowest BCUT2D eigenvalue weighted by molar-refractivity contribution is -0.119. The SMILES string of the molecule is CCOC(=O)c1c(C)[nH]c(/C=N/NC(=O)CNc2ccc(OC)cc2)c1C. The van der Waals surface area contributed by atoms with Crippen molar-refractivity contribution in [3.05, 3.63) is 46.8 Å². The van der Waals surface area contributed by atoms with Crippen LogP contribution in [0.15, 0.2) is 29.4 Å². The van der Waals surface area contributed by atoms with Crippen molar-refractivity contribution in [1.29, 1.82) is 0 Å². The van der Waals surface area contributed by atoms with Gasteiger partial charge in [0.1, 0.15) is 5.75 Å². The zero-order valence-corrected chi connectivity index (χ0v) is 15.9. The first-order valence-corrected chi connectivity index (χ1v) is 8.52. The molecule has 0 aliphatic heterocycles. The predicted molar refractivity (Wildman–Crippen MR) is 103 cm³/mol. The molecule has 0 radical (unpaired) electrons. The molecule has 0 saturated heterocycles. The molecule has 3 N–H and O–H groups in total. The van der Waals surface area contributed by atoms with Gasteiger partial charge in [-0.15, -0.1) is 0 Å². The zero-order chi connectivity index (χ0) is 19.8. The van der Waals surface area contributed by atoms with Crippen LogP contribution in [0, 0.1) is 13.8 Å². The molecule has 1 heterocycles. The van der Waals surface area contributed by atoms with E-state index in [4.69, 9.17) is 9.47 Å². The third-order valence-electron chi connectivity index (χ3n) is 3.88. The first-order chi connectivity index (χ1) is 13.0. The summed E-state index contributed by atoms with van der Waals surface area (Å²) in [5, 5.41) is 6.92. The Labute approximate surface area is 157 Å². The summed E-state index contributed by atoms with van der Waals surface area (Å²) in [6.07, 6.45) is 1.47. The number of H-pyrrole nitrogens is 1. The van der Waals surface area contributed by atoms with Crippen molar-refractivity contribution in [3.63, 3.8) is 0 Å². The van der Waals surface area contributed by atoms with E-state index in [1.165, 1.54) is 6.21 Å². The summed E-state index contributed by atoms with van der Waals surface area (Å²) in [5.41, 5.74) is 5.78. The van der Waals surface area contributed by atoms with Gasteiger partial charge in [-0.2, -0.15) is 5.10 Å². The first kappa shape index (κ1) is 20.0. The molecule has 2 rings (SSSR count). The van der Waals surface area contributed by atoms with Gasteiger partial charge < -0.3 is 19.8 Å². The van der Waals surface area contributed by atoms with Crippen LogP contribution in [0.4, 0.5) is 5.69 Å². The molecular formula is C19H24N4O4. The van der Waals surface area contributed by atoms with E-state index in [0.717, 1.165) is 17.0 Å². The van der Waals surface area contributed by atoms with Crippen LogP contribution in [0.25, 0.3) is 0 Å². The number of benzene rings is 1. The minimum atomic E-state index is -0.379. The maximum Gasteiger partial charge on any atom is 0.340 e. The molecule has 0 spiro atoms. The summed E-state index contributed by atoms with van der Waals surface area (Å²) in [6, 6.07) is 7.24. The minimum Gasteiger partial charge on any atom is -0.497 e. The second kappa shape index (κ2) is 9.42. The first-order valence-electron chi connectivity index (χ1n) is 8.52. The van der Waals surface area contributed by atoms with Crippen LogP contribution in [0.1, 0.15) is 34.2 Å². The molecule has 0 aliphatic carbocycles. The summed E-state index contributed by atoms with van der Waals surface area (Å²) in [6.45, 7) is 5.72. The Bertz CT molecular complexity index is 825. The molecule has 8 nitrogen and oxygen atoms in total. The summed E-state index contributed by atoms with van der Waals surface area (Å²) in [5.74, 6) is 0.0677. The van der Waals surface area contributed by atoms with E-state index >= 15 is 0 Å². The average molecular weight is 372 g/mol. The number of carbonyl (C=O) groups excluding carboxylic acids is 2. The standard InChI is InChI=1S/C19H24N4O4/c1-5-27-19(25)18-12(2)16(22-13(18)3)10-21-23-17(24)11-20-14-6-8-15(26-4)9-7-14/h6-10,20,22H,5,11H2,1-4H3,(H,23,24)/b21-10+. The molecular weight excluding hydrogens is 348 g/mol. The van der Waals surface area contributed by atoms with Gasteiger partial charge in [-0.3, -0.25) is 4.79 Å². The number of aromatic amines is 1. The Balaban J connectivity index is 1.90. The van der Waals surface area contributed by atoms with Crippen molar-refractivity contribution in [1.82, 2.24) is 10.4 Å². The summed E-state index contributed by atoms with van der Waals surface area (Å²) >= 11 is 0. The van der Waals surface area contributed by atoms with Gasteiger partial charge in [0.2, 0.25) is 0 Å². The van der Waals surface area contributed by atoms with Gasteiger partial charge in [-0.05, 0) is 50.6 Å². The van der Waals surface area contributed by atoms with E-state index in [-0.39, 0.29) is 18.4 Å². The molecule has 0 atom stereocenters. The Morgan fingerprint density at radius 3 is 2.56 bits per heavy atom. The van der Waals surface area contributed by atoms with E-state index < -0.39 is 0 Å². The number of carbonyl (C=O) groups is 2. The van der Waals surface area contributed by atoms with Crippen molar-refractivity contribution in [2.75, 3.05) is 25.6 Å². The number of esters is 1. The Kier molecular flexibility index (Phi) is 6.99. The second-order valence-electron chi connectivity index (χ2n) is 5.76. The number of aromatic nitrogens is 1. The van der Waals surface area contributed by atoms with Crippen LogP contribution < -0.4 is 15.5 Å². The van der Waals surface area contributed by atoms with Crippen LogP contribution in [0.2, 0.25) is 0 Å². The van der Waals surface area contributed by atoms with Crippen molar-refractivity contribution in [2.24, 2.45) is 5.10 Å². The molecule has 144 valence electrons. The van der Waals surface area contributed by atoms with Crippen LogP contribution in [0.5, 0.6) is 5.75 Å². The number of nitrogens with zero attached hydrogens (tertiary/aromatic N) is 1. The fourth-order valence-electron chi connectivity index (χ4n) is 2.51. The minimum absolute atomic E-state index is 0.0699. The summed E-state index contributed by atoms with van der Waals surface area (Å²) in [7, 11) is 1.59. The molecule has 2 aromatic rings. The van der Waals surface area contributed by atoms with Crippen molar-refractivity contribution < 1.29 is 19.1 Å². The van der Waals surface area contributed by atoms with Gasteiger partial charge in [0, 0.05) is 11.4 Å². The number of amides is 1. The lowest BCUT2D eigenvalue weighted by atomic mass is 10.1. The number of nitrogens with one attached hydrogen (secondary N) is 3.